The molecule has 0 aliphatic heterocycles. The number of halogens is 4. The number of hydrogen-bond donors (Lipinski definition) is 1. The van der Waals surface area contributed by atoms with Gasteiger partial charge < -0.3 is 10.1 Å². The fraction of sp³-hybridized carbons (Fsp3) is 0.308. The molecule has 1 aromatic heterocycles. The van der Waals surface area contributed by atoms with Crippen LogP contribution in [0.3, 0.4) is 0 Å². The highest BCUT2D eigenvalue weighted by Crippen LogP contribution is 2.34. The van der Waals surface area contributed by atoms with E-state index in [-0.39, 0.29) is 0 Å². The maximum atomic E-state index is 12.6. The molecule has 4 nitrogen and oxygen atoms in total. The number of ether oxygens (including phenoxy) is 1. The minimum atomic E-state index is -4.36. The molecule has 0 aliphatic carbocycles. The van der Waals surface area contributed by atoms with Gasteiger partial charge in [-0.1, -0.05) is 0 Å². The number of anilines is 2. The zero-order valence-corrected chi connectivity index (χ0v) is 12.7. The Hall–Kier alpha value is -1.54. The van der Waals surface area contributed by atoms with Crippen LogP contribution in [0.5, 0.6) is 0 Å². The molecule has 1 heterocycles. The van der Waals surface area contributed by atoms with E-state index in [4.69, 9.17) is 4.74 Å². The number of methoxy groups -OCH3 is 1. The second kappa shape index (κ2) is 6.48. The van der Waals surface area contributed by atoms with E-state index in [1.165, 1.54) is 6.07 Å². The molecule has 0 spiro atoms. The molecule has 21 heavy (non-hydrogen) atoms. The number of nitrogens with zero attached hydrogens (tertiary/aromatic N) is 2. The van der Waals surface area contributed by atoms with Crippen LogP contribution in [0.25, 0.3) is 0 Å². The molecule has 114 valence electrons. The minimum Gasteiger partial charge on any atom is -0.383 e. The van der Waals surface area contributed by atoms with E-state index in [9.17, 15) is 13.2 Å². The number of benzene rings is 1. The summed E-state index contributed by atoms with van der Waals surface area (Å²) in [6, 6.07) is 3.44. The predicted molar refractivity (Wildman–Crippen MR) is 76.5 cm³/mol. The standard InChI is InChI=1S/C13H13BrF3N3O/c1-21-5-4-20-8-10(7-18-20)19-12-3-2-9(6-11(12)14)13(15,16)17/h2-3,6-8,19H,4-5H2,1H3. The molecule has 0 bridgehead atoms. The SMILES string of the molecule is COCCn1cc(Nc2ccc(C(F)(F)F)cc2Br)cn1. The number of nitrogens with one attached hydrogen (secondary N) is 1. The molecule has 2 aromatic rings. The van der Waals surface area contributed by atoms with Crippen LogP contribution in [0.4, 0.5) is 24.5 Å². The molecule has 1 N–H and O–H groups in total. The summed E-state index contributed by atoms with van der Waals surface area (Å²) in [5.74, 6) is 0. The Labute approximate surface area is 128 Å². The molecule has 0 saturated carbocycles. The average molecular weight is 364 g/mol. The minimum absolute atomic E-state index is 0.335. The largest absolute Gasteiger partial charge is 0.416 e. The Morgan fingerprint density at radius 1 is 1.38 bits per heavy atom. The van der Waals surface area contributed by atoms with Gasteiger partial charge in [-0.05, 0) is 34.1 Å². The molecule has 0 amide bonds. The van der Waals surface area contributed by atoms with E-state index in [1.807, 2.05) is 0 Å². The Kier molecular flexibility index (Phi) is 4.89. The molecule has 1 aromatic carbocycles. The fourth-order valence-electron chi connectivity index (χ4n) is 1.68. The Morgan fingerprint density at radius 2 is 2.14 bits per heavy atom. The smallest absolute Gasteiger partial charge is 0.383 e. The lowest BCUT2D eigenvalue weighted by Gasteiger charge is -2.10. The van der Waals surface area contributed by atoms with Gasteiger partial charge in [0.2, 0.25) is 0 Å². The van der Waals surface area contributed by atoms with Gasteiger partial charge in [0, 0.05) is 17.8 Å². The van der Waals surface area contributed by atoms with Gasteiger partial charge in [-0.15, -0.1) is 0 Å². The molecule has 2 rings (SSSR count). The van der Waals surface area contributed by atoms with Crippen molar-refractivity contribution in [1.82, 2.24) is 9.78 Å². The third-order valence-electron chi connectivity index (χ3n) is 2.73. The lowest BCUT2D eigenvalue weighted by Crippen LogP contribution is -2.05. The lowest BCUT2D eigenvalue weighted by atomic mass is 10.2. The molecule has 0 atom stereocenters. The quantitative estimate of drug-likeness (QED) is 0.870. The van der Waals surface area contributed by atoms with Gasteiger partial charge in [0.25, 0.3) is 0 Å². The number of hydrogen-bond acceptors (Lipinski definition) is 3. The molecular formula is C13H13BrF3N3O. The van der Waals surface area contributed by atoms with Crippen molar-refractivity contribution in [2.45, 2.75) is 12.7 Å². The van der Waals surface area contributed by atoms with Crippen LogP contribution in [-0.4, -0.2) is 23.5 Å². The monoisotopic (exact) mass is 363 g/mol. The average Bonchev–Trinajstić information content (AvgIpc) is 2.85. The predicted octanol–water partition coefficient (Wildman–Crippen LogP) is 4.05. The highest BCUT2D eigenvalue weighted by molar-refractivity contribution is 9.10. The third-order valence-corrected chi connectivity index (χ3v) is 3.39. The first-order chi connectivity index (χ1) is 9.90. The van der Waals surface area contributed by atoms with Gasteiger partial charge in [-0.25, -0.2) is 0 Å². The molecule has 0 unspecified atom stereocenters. The van der Waals surface area contributed by atoms with Crippen molar-refractivity contribution in [1.29, 1.82) is 0 Å². The first kappa shape index (κ1) is 15.8. The van der Waals surface area contributed by atoms with Crippen LogP contribution in [0.1, 0.15) is 5.56 Å². The molecule has 0 saturated heterocycles. The lowest BCUT2D eigenvalue weighted by molar-refractivity contribution is -0.137. The van der Waals surface area contributed by atoms with Crippen LogP contribution in [0, 0.1) is 0 Å². The van der Waals surface area contributed by atoms with Crippen molar-refractivity contribution in [3.05, 3.63) is 40.6 Å². The molecule has 0 aliphatic rings. The summed E-state index contributed by atoms with van der Waals surface area (Å²) in [4.78, 5) is 0. The topological polar surface area (TPSA) is 39.1 Å². The van der Waals surface area contributed by atoms with Crippen LogP contribution in [-0.2, 0) is 17.5 Å². The second-order valence-corrected chi connectivity index (χ2v) is 5.16. The van der Waals surface area contributed by atoms with Crippen LogP contribution >= 0.6 is 15.9 Å². The molecule has 8 heteroatoms. The summed E-state index contributed by atoms with van der Waals surface area (Å²) in [7, 11) is 1.60. The maximum Gasteiger partial charge on any atom is 0.416 e. The van der Waals surface area contributed by atoms with Gasteiger partial charge in [0.15, 0.2) is 0 Å². The highest BCUT2D eigenvalue weighted by Gasteiger charge is 2.30. The van der Waals surface area contributed by atoms with Crippen molar-refractivity contribution >= 4 is 27.3 Å². The Bertz CT molecular complexity index is 613. The second-order valence-electron chi connectivity index (χ2n) is 4.30. The maximum absolute atomic E-state index is 12.6. The zero-order chi connectivity index (χ0) is 15.5. The van der Waals surface area contributed by atoms with E-state index in [1.54, 1.807) is 24.2 Å². The summed E-state index contributed by atoms with van der Waals surface area (Å²) >= 11 is 3.14. The van der Waals surface area contributed by atoms with Gasteiger partial charge in [0.05, 0.1) is 36.3 Å². The van der Waals surface area contributed by atoms with E-state index in [0.29, 0.717) is 29.0 Å². The van der Waals surface area contributed by atoms with Crippen molar-refractivity contribution in [2.24, 2.45) is 0 Å². The van der Waals surface area contributed by atoms with E-state index < -0.39 is 11.7 Å². The van der Waals surface area contributed by atoms with Gasteiger partial charge >= 0.3 is 6.18 Å². The van der Waals surface area contributed by atoms with E-state index in [0.717, 1.165) is 12.1 Å². The van der Waals surface area contributed by atoms with Crippen molar-refractivity contribution < 1.29 is 17.9 Å². The van der Waals surface area contributed by atoms with Crippen molar-refractivity contribution in [2.75, 3.05) is 19.0 Å². The highest BCUT2D eigenvalue weighted by atomic mass is 79.9. The third kappa shape index (κ3) is 4.21. The summed E-state index contributed by atoms with van der Waals surface area (Å²) in [6.07, 6.45) is -1.00. The van der Waals surface area contributed by atoms with Crippen molar-refractivity contribution in [3.63, 3.8) is 0 Å². The van der Waals surface area contributed by atoms with Crippen LogP contribution in [0.15, 0.2) is 35.1 Å². The molecule has 0 fully saturated rings. The summed E-state index contributed by atoms with van der Waals surface area (Å²) in [6.45, 7) is 1.14. The van der Waals surface area contributed by atoms with Crippen LogP contribution < -0.4 is 5.32 Å². The summed E-state index contributed by atoms with van der Waals surface area (Å²) in [5, 5.41) is 7.12. The number of rotatable bonds is 5. The summed E-state index contributed by atoms with van der Waals surface area (Å²) in [5.41, 5.74) is 0.525. The first-order valence-corrected chi connectivity index (χ1v) is 6.84. The van der Waals surface area contributed by atoms with Crippen LogP contribution in [0.2, 0.25) is 0 Å². The molecule has 0 radical (unpaired) electrons. The normalized spacial score (nSPS) is 11.7. The Balaban J connectivity index is 2.11. The van der Waals surface area contributed by atoms with E-state index >= 15 is 0 Å². The van der Waals surface area contributed by atoms with E-state index in [2.05, 4.69) is 26.3 Å². The summed E-state index contributed by atoms with van der Waals surface area (Å²) < 4.78 is 44.7. The fourth-order valence-corrected chi connectivity index (χ4v) is 2.16. The first-order valence-electron chi connectivity index (χ1n) is 6.05. The van der Waals surface area contributed by atoms with Crippen molar-refractivity contribution in [3.8, 4) is 0 Å². The Morgan fingerprint density at radius 3 is 2.76 bits per heavy atom. The number of alkyl halides is 3. The van der Waals surface area contributed by atoms with Gasteiger partial charge in [-0.2, -0.15) is 18.3 Å². The number of aromatic nitrogens is 2. The van der Waals surface area contributed by atoms with Gasteiger partial charge in [0.1, 0.15) is 0 Å². The zero-order valence-electron chi connectivity index (χ0n) is 11.1. The van der Waals surface area contributed by atoms with Gasteiger partial charge in [-0.3, -0.25) is 4.68 Å². The molecular weight excluding hydrogens is 351 g/mol.